The topological polar surface area (TPSA) is 243 Å². The van der Waals surface area contributed by atoms with Gasteiger partial charge in [0.25, 0.3) is 5.91 Å². The van der Waals surface area contributed by atoms with Crippen molar-refractivity contribution in [2.45, 2.75) is 71.6 Å². The number of pyridine rings is 1. The molecule has 21 nitrogen and oxygen atoms in total. The van der Waals surface area contributed by atoms with Crippen molar-refractivity contribution in [1.29, 1.82) is 0 Å². The molecule has 0 unspecified atom stereocenters. The van der Waals surface area contributed by atoms with Gasteiger partial charge in [0.1, 0.15) is 25.3 Å². The molecule has 86 heavy (non-hydrogen) atoms. The van der Waals surface area contributed by atoms with Crippen molar-refractivity contribution < 1.29 is 56.5 Å². The van der Waals surface area contributed by atoms with Crippen LogP contribution in [0.3, 0.4) is 0 Å². The van der Waals surface area contributed by atoms with E-state index in [-0.39, 0.29) is 65.1 Å². The molecule has 3 atom stereocenters. The Bertz CT molecular complexity index is 3180. The lowest BCUT2D eigenvalue weighted by atomic mass is 9.85. The average molecular weight is 1210 g/mol. The first-order valence-corrected chi connectivity index (χ1v) is 29.8. The molecule has 5 aromatic rings. The highest BCUT2D eigenvalue weighted by Crippen LogP contribution is 2.36. The Morgan fingerprint density at radius 1 is 0.791 bits per heavy atom. The van der Waals surface area contributed by atoms with E-state index in [1.54, 1.807) is 43.7 Å². The van der Waals surface area contributed by atoms with Crippen molar-refractivity contribution in [2.24, 2.45) is 5.41 Å². The average Bonchev–Trinajstić information content (AvgIpc) is 3.83. The van der Waals surface area contributed by atoms with Gasteiger partial charge in [-0.2, -0.15) is 13.2 Å². The van der Waals surface area contributed by atoms with Gasteiger partial charge >= 0.3 is 6.18 Å². The normalized spacial score (nSPS) is 17.5. The summed E-state index contributed by atoms with van der Waals surface area (Å²) in [5.74, 6) is -2.64. The standard InChI is InChI=1S/C61H78F3N11O10S/c1-40-55(86-39-68-40)43-11-9-41(10-12-43)33-67-58(81)51-31-46(76)36-75(51)59(82)56(60(2,3)4)70-54(79)38-85-28-26-83-25-27-84-37-53(78)65-15-16-72-19-21-73(22-20-72)35-42-7-6-8-44(29-42)45-13-14-50(74-23-17-71(5)18-24-74)49(30-45)69-57(80)47-34-66-52(77)32-48(47)61(62,63)64/h6-14,29-30,32,34,39,46,51,56,76H,15-28,31,33,35-38H2,1-5H3,(H,65,78)(H,66,77)(H,67,81)(H,69,80)(H,70,79)/t46-,51+,56-/m1/s1. The number of amides is 5. The van der Waals surface area contributed by atoms with E-state index in [9.17, 15) is 47.0 Å². The van der Waals surface area contributed by atoms with Gasteiger partial charge in [-0.1, -0.05) is 69.3 Å². The zero-order chi connectivity index (χ0) is 61.5. The summed E-state index contributed by atoms with van der Waals surface area (Å²) < 4.78 is 58.4. The maximum Gasteiger partial charge on any atom is 0.417 e. The Morgan fingerprint density at radius 3 is 2.13 bits per heavy atom. The first kappa shape index (κ1) is 64.9. The molecule has 3 saturated heterocycles. The summed E-state index contributed by atoms with van der Waals surface area (Å²) in [4.78, 5) is 96.2. The third-order valence-electron chi connectivity index (χ3n) is 15.4. The fourth-order valence-electron chi connectivity index (χ4n) is 10.6. The maximum atomic E-state index is 14.0. The van der Waals surface area contributed by atoms with E-state index < -0.39 is 70.1 Å². The van der Waals surface area contributed by atoms with Gasteiger partial charge in [-0.25, -0.2) is 4.98 Å². The van der Waals surface area contributed by atoms with E-state index in [1.165, 1.54) is 4.90 Å². The van der Waals surface area contributed by atoms with E-state index >= 15 is 0 Å². The highest BCUT2D eigenvalue weighted by molar-refractivity contribution is 7.13. The third-order valence-corrected chi connectivity index (χ3v) is 16.3. The van der Waals surface area contributed by atoms with Crippen molar-refractivity contribution in [3.8, 4) is 21.6 Å². The number of β-amino-alcohol motifs (C(OH)–C–C–N with tert-alkyl or cyclic N) is 1. The Labute approximate surface area is 502 Å². The van der Waals surface area contributed by atoms with Crippen molar-refractivity contribution >= 4 is 52.2 Å². The third kappa shape index (κ3) is 18.2. The number of rotatable bonds is 25. The molecule has 3 aromatic carbocycles. The molecule has 0 spiro atoms. The van der Waals surface area contributed by atoms with Crippen molar-refractivity contribution in [3.63, 3.8) is 0 Å². The van der Waals surface area contributed by atoms with Gasteiger partial charge in [0.2, 0.25) is 29.2 Å². The fourth-order valence-corrected chi connectivity index (χ4v) is 11.4. The lowest BCUT2D eigenvalue weighted by Crippen LogP contribution is -2.58. The molecule has 3 aliphatic heterocycles. The number of carbonyl (C=O) groups is 5. The Hall–Kier alpha value is -7.10. The molecule has 0 aliphatic carbocycles. The number of carbonyl (C=O) groups excluding carboxylic acids is 5. The van der Waals surface area contributed by atoms with Gasteiger partial charge in [-0.15, -0.1) is 11.3 Å². The lowest BCUT2D eigenvalue weighted by Gasteiger charge is -2.35. The molecule has 5 amide bonds. The molecule has 5 heterocycles. The Balaban J connectivity index is 0.691. The van der Waals surface area contributed by atoms with E-state index in [2.05, 4.69) is 56.9 Å². The minimum absolute atomic E-state index is 0.0457. The summed E-state index contributed by atoms with van der Waals surface area (Å²) in [6.45, 7) is 15.6. The second-order valence-electron chi connectivity index (χ2n) is 22.9. The van der Waals surface area contributed by atoms with Crippen molar-refractivity contribution in [2.75, 3.05) is 129 Å². The van der Waals surface area contributed by atoms with Crippen LogP contribution in [0.1, 0.15) is 59.9 Å². The number of hydrogen-bond donors (Lipinski definition) is 6. The molecular formula is C61H78F3N11O10S. The van der Waals surface area contributed by atoms with Crippen LogP contribution in [0.15, 0.2) is 89.3 Å². The predicted octanol–water partition coefficient (Wildman–Crippen LogP) is 4.59. The summed E-state index contributed by atoms with van der Waals surface area (Å²) in [7, 11) is 2.01. The predicted molar refractivity (Wildman–Crippen MR) is 320 cm³/mol. The molecule has 8 rings (SSSR count). The monoisotopic (exact) mass is 1210 g/mol. The quantitative estimate of drug-likeness (QED) is 0.0438. The number of aliphatic hydroxyl groups is 1. The number of nitrogens with one attached hydrogen (secondary N) is 5. The number of ether oxygens (including phenoxy) is 3. The van der Waals surface area contributed by atoms with Gasteiger partial charge in [0.15, 0.2) is 0 Å². The number of piperazine rings is 2. The number of anilines is 2. The molecule has 6 N–H and O–H groups in total. The SMILES string of the molecule is Cc1ncsc1-c1ccc(CNC(=O)[C@@H]2C[C@@H](O)CN2C(=O)[C@@H](NC(=O)COCCOCCOCC(=O)NCCN2CCN(Cc3cccc(-c4ccc(N5CCN(C)CC5)c(NC(=O)c5c[nH]c(=O)cc5C(F)(F)F)c4)c3)CC2)C(C)(C)C)cc1. The number of halogens is 3. The molecule has 3 aliphatic rings. The first-order chi connectivity index (χ1) is 41.1. The number of aryl methyl sites for hydroxylation is 1. The number of hydrogen-bond acceptors (Lipinski definition) is 16. The second-order valence-corrected chi connectivity index (χ2v) is 23.8. The van der Waals surface area contributed by atoms with Gasteiger partial charge in [0, 0.05) is 104 Å². The number of H-pyrrole nitrogens is 1. The number of likely N-dealkylation sites (N-methyl/N-ethyl adjacent to an activating group) is 1. The number of aliphatic hydroxyl groups excluding tert-OH is 1. The van der Waals surface area contributed by atoms with Crippen LogP contribution in [-0.2, 0) is 52.7 Å². The number of benzene rings is 3. The summed E-state index contributed by atoms with van der Waals surface area (Å²) in [5, 5.41) is 21.9. The summed E-state index contributed by atoms with van der Waals surface area (Å²) in [6, 6.07) is 19.9. The van der Waals surface area contributed by atoms with Crippen molar-refractivity contribution in [1.82, 2.24) is 45.5 Å². The van der Waals surface area contributed by atoms with Gasteiger partial charge in [-0.3, -0.25) is 38.6 Å². The summed E-state index contributed by atoms with van der Waals surface area (Å²) >= 11 is 1.56. The van der Waals surface area contributed by atoms with E-state index in [1.807, 2.05) is 68.6 Å². The van der Waals surface area contributed by atoms with E-state index in [0.29, 0.717) is 50.2 Å². The van der Waals surface area contributed by atoms with Crippen molar-refractivity contribution in [3.05, 3.63) is 123 Å². The zero-order valence-electron chi connectivity index (χ0n) is 49.3. The van der Waals surface area contributed by atoms with Crippen LogP contribution >= 0.6 is 11.3 Å². The minimum Gasteiger partial charge on any atom is -0.391 e. The van der Waals surface area contributed by atoms with Crippen LogP contribution in [0, 0.1) is 12.3 Å². The molecular weight excluding hydrogens is 1140 g/mol. The maximum absolute atomic E-state index is 14.0. The molecule has 0 radical (unpaired) electrons. The molecule has 0 saturated carbocycles. The highest BCUT2D eigenvalue weighted by Gasteiger charge is 2.44. The largest absolute Gasteiger partial charge is 0.417 e. The first-order valence-electron chi connectivity index (χ1n) is 28.9. The van der Waals surface area contributed by atoms with Gasteiger partial charge < -0.3 is 60.3 Å². The minimum atomic E-state index is -4.91. The van der Waals surface area contributed by atoms with Crippen LogP contribution in [-0.4, -0.2) is 201 Å². The molecule has 3 fully saturated rings. The molecule has 25 heteroatoms. The number of alkyl halides is 3. The highest BCUT2D eigenvalue weighted by atomic mass is 32.1. The van der Waals surface area contributed by atoms with E-state index in [0.717, 1.165) is 83.9 Å². The number of nitrogens with zero attached hydrogens (tertiary/aromatic N) is 6. The zero-order valence-corrected chi connectivity index (χ0v) is 50.1. The lowest BCUT2D eigenvalue weighted by molar-refractivity contribution is -0.144. The Kier molecular flexibility index (Phi) is 22.6. The van der Waals surface area contributed by atoms with Gasteiger partial charge in [0.05, 0.1) is 71.1 Å². The van der Waals surface area contributed by atoms with Crippen LogP contribution in [0.5, 0.6) is 0 Å². The second kappa shape index (κ2) is 30.0. The van der Waals surface area contributed by atoms with E-state index in [4.69, 9.17) is 14.2 Å². The number of thiazole rings is 1. The number of aromatic amines is 1. The summed E-state index contributed by atoms with van der Waals surface area (Å²) in [6.07, 6.45) is -4.95. The summed E-state index contributed by atoms with van der Waals surface area (Å²) in [5.41, 5.74) is 4.71. The van der Waals surface area contributed by atoms with Crippen LogP contribution in [0.2, 0.25) is 0 Å². The Morgan fingerprint density at radius 2 is 1.45 bits per heavy atom. The molecule has 2 aromatic heterocycles. The molecule has 464 valence electrons. The molecule has 0 bridgehead atoms. The van der Waals surface area contributed by atoms with Crippen LogP contribution in [0.25, 0.3) is 21.6 Å². The smallest absolute Gasteiger partial charge is 0.391 e. The van der Waals surface area contributed by atoms with Gasteiger partial charge in [-0.05, 0) is 65.4 Å². The number of likely N-dealkylation sites (tertiary alicyclic amines) is 1. The number of aromatic nitrogens is 2. The fraction of sp³-hybridized carbons (Fsp3) is 0.492. The van der Waals surface area contributed by atoms with Crippen LogP contribution < -0.4 is 31.7 Å². The van der Waals surface area contributed by atoms with Crippen LogP contribution in [0.4, 0.5) is 24.5 Å².